The van der Waals surface area contributed by atoms with Crippen LogP contribution >= 0.6 is 11.3 Å². The van der Waals surface area contributed by atoms with E-state index in [1.165, 1.54) is 11.3 Å². The third-order valence-corrected chi connectivity index (χ3v) is 3.37. The number of ether oxygens (including phenoxy) is 1. The van der Waals surface area contributed by atoms with Crippen LogP contribution in [0.5, 0.6) is 0 Å². The number of aromatic carboxylic acids is 1. The molecule has 1 aliphatic heterocycles. The lowest BCUT2D eigenvalue weighted by atomic mass is 10.4. The molecule has 0 aliphatic carbocycles. The number of thiazole rings is 1. The minimum Gasteiger partial charge on any atom is -0.476 e. The summed E-state index contributed by atoms with van der Waals surface area (Å²) in [6.07, 6.45) is 0. The van der Waals surface area contributed by atoms with Crippen LogP contribution in [0, 0.1) is 0 Å². The van der Waals surface area contributed by atoms with Crippen LogP contribution in [0.2, 0.25) is 0 Å². The highest BCUT2D eigenvalue weighted by Gasteiger charge is 2.14. The molecule has 94 valence electrons. The van der Waals surface area contributed by atoms with Crippen molar-refractivity contribution in [2.45, 2.75) is 0 Å². The zero-order valence-electron chi connectivity index (χ0n) is 9.39. The van der Waals surface area contributed by atoms with Crippen molar-refractivity contribution >= 4 is 22.3 Å². The Hall–Kier alpha value is -1.18. The highest BCUT2D eigenvalue weighted by molar-refractivity contribution is 7.14. The molecule has 2 rings (SSSR count). The van der Waals surface area contributed by atoms with Gasteiger partial charge in [0.05, 0.1) is 18.7 Å². The number of anilines is 1. The standard InChI is InChI=1S/C10H15N3O3S/c14-10(15)8-9(17-7-12-8)11-1-2-13-3-5-16-6-4-13/h7,11H,1-6H2,(H,14,15). The van der Waals surface area contributed by atoms with Gasteiger partial charge in [0.25, 0.3) is 0 Å². The maximum absolute atomic E-state index is 10.8. The Balaban J connectivity index is 1.77. The molecule has 1 aromatic rings. The molecule has 0 amide bonds. The van der Waals surface area contributed by atoms with Crippen LogP contribution in [0.25, 0.3) is 0 Å². The normalized spacial score (nSPS) is 16.9. The first kappa shape index (κ1) is 12.3. The average molecular weight is 257 g/mol. The minimum atomic E-state index is -0.986. The van der Waals surface area contributed by atoms with Gasteiger partial charge >= 0.3 is 5.97 Å². The fourth-order valence-corrected chi connectivity index (χ4v) is 2.38. The fraction of sp³-hybridized carbons (Fsp3) is 0.600. The lowest BCUT2D eigenvalue weighted by Crippen LogP contribution is -2.39. The van der Waals surface area contributed by atoms with Gasteiger partial charge in [-0.15, -0.1) is 11.3 Å². The minimum absolute atomic E-state index is 0.108. The largest absolute Gasteiger partial charge is 0.476 e. The van der Waals surface area contributed by atoms with E-state index in [4.69, 9.17) is 9.84 Å². The summed E-state index contributed by atoms with van der Waals surface area (Å²) in [6, 6.07) is 0. The van der Waals surface area contributed by atoms with Gasteiger partial charge in [-0.25, -0.2) is 9.78 Å². The van der Waals surface area contributed by atoms with Crippen LogP contribution in [0.1, 0.15) is 10.5 Å². The maximum Gasteiger partial charge on any atom is 0.357 e. The van der Waals surface area contributed by atoms with E-state index in [9.17, 15) is 4.79 Å². The number of hydrogen-bond acceptors (Lipinski definition) is 6. The highest BCUT2D eigenvalue weighted by atomic mass is 32.1. The van der Waals surface area contributed by atoms with E-state index in [1.54, 1.807) is 5.51 Å². The topological polar surface area (TPSA) is 74.7 Å². The predicted molar refractivity (Wildman–Crippen MR) is 64.8 cm³/mol. The number of carboxylic acids is 1. The first-order chi connectivity index (χ1) is 8.27. The molecule has 1 saturated heterocycles. The molecule has 2 heterocycles. The smallest absolute Gasteiger partial charge is 0.357 e. The molecule has 17 heavy (non-hydrogen) atoms. The van der Waals surface area contributed by atoms with E-state index in [2.05, 4.69) is 15.2 Å². The summed E-state index contributed by atoms with van der Waals surface area (Å²) >= 11 is 1.32. The Morgan fingerprint density at radius 1 is 1.59 bits per heavy atom. The van der Waals surface area contributed by atoms with Crippen molar-refractivity contribution in [2.75, 3.05) is 44.7 Å². The monoisotopic (exact) mass is 257 g/mol. The second-order valence-electron chi connectivity index (χ2n) is 3.72. The number of rotatable bonds is 5. The van der Waals surface area contributed by atoms with Crippen molar-refractivity contribution in [3.05, 3.63) is 11.2 Å². The van der Waals surface area contributed by atoms with Crippen LogP contribution in [-0.2, 0) is 4.74 Å². The first-order valence-corrected chi connectivity index (χ1v) is 6.36. The average Bonchev–Trinajstić information content (AvgIpc) is 2.79. The van der Waals surface area contributed by atoms with Crippen molar-refractivity contribution in [3.8, 4) is 0 Å². The van der Waals surface area contributed by atoms with Gasteiger partial charge in [0.2, 0.25) is 0 Å². The molecule has 0 aromatic carbocycles. The molecule has 0 unspecified atom stereocenters. The van der Waals surface area contributed by atoms with Crippen LogP contribution in [0.3, 0.4) is 0 Å². The van der Waals surface area contributed by atoms with Crippen molar-refractivity contribution in [3.63, 3.8) is 0 Å². The maximum atomic E-state index is 10.8. The molecule has 1 aliphatic rings. The highest BCUT2D eigenvalue weighted by Crippen LogP contribution is 2.19. The Morgan fingerprint density at radius 2 is 2.35 bits per heavy atom. The third-order valence-electron chi connectivity index (χ3n) is 2.59. The lowest BCUT2D eigenvalue weighted by Gasteiger charge is -2.26. The van der Waals surface area contributed by atoms with Gasteiger partial charge in [-0.3, -0.25) is 4.90 Å². The SMILES string of the molecule is O=C(O)c1ncsc1NCCN1CCOCC1. The molecule has 0 saturated carbocycles. The molecule has 1 aromatic heterocycles. The van der Waals surface area contributed by atoms with Crippen LogP contribution in [0.4, 0.5) is 5.00 Å². The van der Waals surface area contributed by atoms with Gasteiger partial charge in [0.15, 0.2) is 5.69 Å². The van der Waals surface area contributed by atoms with Crippen molar-refractivity contribution in [1.82, 2.24) is 9.88 Å². The van der Waals surface area contributed by atoms with Crippen molar-refractivity contribution < 1.29 is 14.6 Å². The second kappa shape index (κ2) is 5.95. The molecular formula is C10H15N3O3S. The van der Waals surface area contributed by atoms with Gasteiger partial charge in [0.1, 0.15) is 5.00 Å². The van der Waals surface area contributed by atoms with Crippen LogP contribution < -0.4 is 5.32 Å². The molecule has 7 heteroatoms. The number of morpholine rings is 1. The van der Waals surface area contributed by atoms with E-state index in [1.807, 2.05) is 0 Å². The second-order valence-corrected chi connectivity index (χ2v) is 4.57. The van der Waals surface area contributed by atoms with Crippen LogP contribution in [0.15, 0.2) is 5.51 Å². The number of aromatic nitrogens is 1. The van der Waals surface area contributed by atoms with Gasteiger partial charge in [-0.05, 0) is 0 Å². The molecule has 1 fully saturated rings. The Labute approximate surface area is 103 Å². The number of carbonyl (C=O) groups is 1. The van der Waals surface area contributed by atoms with E-state index < -0.39 is 5.97 Å². The van der Waals surface area contributed by atoms with Gasteiger partial charge in [-0.2, -0.15) is 0 Å². The molecule has 0 radical (unpaired) electrons. The van der Waals surface area contributed by atoms with Crippen molar-refractivity contribution in [2.24, 2.45) is 0 Å². The van der Waals surface area contributed by atoms with Gasteiger partial charge in [-0.1, -0.05) is 0 Å². The first-order valence-electron chi connectivity index (χ1n) is 5.48. The van der Waals surface area contributed by atoms with Gasteiger partial charge < -0.3 is 15.2 Å². The van der Waals surface area contributed by atoms with E-state index >= 15 is 0 Å². The molecule has 2 N–H and O–H groups in total. The van der Waals surface area contributed by atoms with Crippen LogP contribution in [-0.4, -0.2) is 60.4 Å². The summed E-state index contributed by atoms with van der Waals surface area (Å²) in [7, 11) is 0. The van der Waals surface area contributed by atoms with E-state index in [-0.39, 0.29) is 5.69 Å². The fourth-order valence-electron chi connectivity index (χ4n) is 1.68. The zero-order valence-corrected chi connectivity index (χ0v) is 10.2. The zero-order chi connectivity index (χ0) is 12.1. The Bertz CT molecular complexity index is 377. The summed E-state index contributed by atoms with van der Waals surface area (Å²) in [5, 5.41) is 12.6. The summed E-state index contributed by atoms with van der Waals surface area (Å²) in [5.74, 6) is -0.986. The summed E-state index contributed by atoms with van der Waals surface area (Å²) < 4.78 is 5.25. The molecule has 0 spiro atoms. The molecule has 6 nitrogen and oxygen atoms in total. The molecule has 0 bridgehead atoms. The number of nitrogens with zero attached hydrogens (tertiary/aromatic N) is 2. The lowest BCUT2D eigenvalue weighted by molar-refractivity contribution is 0.0398. The number of hydrogen-bond donors (Lipinski definition) is 2. The summed E-state index contributed by atoms with van der Waals surface area (Å²) in [5.41, 5.74) is 1.65. The van der Waals surface area contributed by atoms with Gasteiger partial charge in [0, 0.05) is 26.2 Å². The van der Waals surface area contributed by atoms with Crippen molar-refractivity contribution in [1.29, 1.82) is 0 Å². The van der Waals surface area contributed by atoms with E-state index in [0.29, 0.717) is 5.00 Å². The quantitative estimate of drug-likeness (QED) is 0.804. The predicted octanol–water partition coefficient (Wildman–Crippen LogP) is 0.585. The third kappa shape index (κ3) is 3.39. The number of carboxylic acid groups (broad SMARTS) is 1. The molecular weight excluding hydrogens is 242 g/mol. The molecule has 0 atom stereocenters. The van der Waals surface area contributed by atoms with E-state index in [0.717, 1.165) is 39.4 Å². The Kier molecular flexibility index (Phi) is 4.29. The summed E-state index contributed by atoms with van der Waals surface area (Å²) in [6.45, 7) is 5.05. The number of nitrogens with one attached hydrogen (secondary N) is 1. The Morgan fingerprint density at radius 3 is 3.06 bits per heavy atom. The summed E-state index contributed by atoms with van der Waals surface area (Å²) in [4.78, 5) is 16.9.